The predicted octanol–water partition coefficient (Wildman–Crippen LogP) is 3.40. The summed E-state index contributed by atoms with van der Waals surface area (Å²) in [6, 6.07) is 0. The van der Waals surface area contributed by atoms with Crippen molar-refractivity contribution in [3.63, 3.8) is 0 Å². The SMILES string of the molecule is CCOC(=O)CC(=O)CC(O)CCc1c(C)c(OC)c(C)c2c1OC(C)C2C. The van der Waals surface area contributed by atoms with Crippen LogP contribution in [0.15, 0.2) is 0 Å². The van der Waals surface area contributed by atoms with E-state index in [2.05, 4.69) is 20.8 Å². The van der Waals surface area contributed by atoms with Gasteiger partial charge in [-0.15, -0.1) is 0 Å². The van der Waals surface area contributed by atoms with Crippen LogP contribution in [0.5, 0.6) is 11.5 Å². The molecule has 1 aromatic carbocycles. The average molecular weight is 392 g/mol. The van der Waals surface area contributed by atoms with E-state index in [1.165, 1.54) is 0 Å². The number of carbonyl (C=O) groups excluding carboxylic acids is 2. The number of hydrogen-bond acceptors (Lipinski definition) is 6. The van der Waals surface area contributed by atoms with Gasteiger partial charge in [0.1, 0.15) is 29.8 Å². The summed E-state index contributed by atoms with van der Waals surface area (Å²) in [6.07, 6.45) is -0.124. The number of rotatable bonds is 9. The average Bonchev–Trinajstić information content (AvgIpc) is 2.90. The van der Waals surface area contributed by atoms with Gasteiger partial charge in [-0.05, 0) is 51.7 Å². The summed E-state index contributed by atoms with van der Waals surface area (Å²) in [5, 5.41) is 10.3. The van der Waals surface area contributed by atoms with E-state index < -0.39 is 12.1 Å². The molecule has 0 amide bonds. The van der Waals surface area contributed by atoms with Crippen LogP contribution in [-0.2, 0) is 20.7 Å². The zero-order chi connectivity index (χ0) is 21.0. The highest BCUT2D eigenvalue weighted by atomic mass is 16.5. The topological polar surface area (TPSA) is 82.1 Å². The molecule has 1 aromatic rings. The van der Waals surface area contributed by atoms with Gasteiger partial charge in [-0.2, -0.15) is 0 Å². The van der Waals surface area contributed by atoms with Crippen LogP contribution in [0.4, 0.5) is 0 Å². The molecule has 0 saturated heterocycles. The number of esters is 1. The van der Waals surface area contributed by atoms with Crippen molar-refractivity contribution < 1.29 is 28.9 Å². The van der Waals surface area contributed by atoms with Crippen molar-refractivity contribution in [3.8, 4) is 11.5 Å². The number of Topliss-reactive ketones (excluding diaryl/α,β-unsaturated/α-hetero) is 1. The van der Waals surface area contributed by atoms with Crippen LogP contribution in [0.2, 0.25) is 0 Å². The molecular formula is C22H32O6. The Kier molecular flexibility index (Phi) is 7.47. The Balaban J connectivity index is 2.12. The quantitative estimate of drug-likeness (QED) is 0.512. The zero-order valence-electron chi connectivity index (χ0n) is 17.8. The van der Waals surface area contributed by atoms with Gasteiger partial charge in [0.05, 0.1) is 19.8 Å². The fourth-order valence-corrected chi connectivity index (χ4v) is 3.98. The second kappa shape index (κ2) is 9.41. The fourth-order valence-electron chi connectivity index (χ4n) is 3.98. The van der Waals surface area contributed by atoms with Gasteiger partial charge in [0.2, 0.25) is 0 Å². The minimum absolute atomic E-state index is 0.0588. The van der Waals surface area contributed by atoms with E-state index in [1.54, 1.807) is 14.0 Å². The van der Waals surface area contributed by atoms with Crippen LogP contribution in [0.25, 0.3) is 0 Å². The molecular weight excluding hydrogens is 360 g/mol. The minimum atomic E-state index is -0.819. The number of ketones is 1. The van der Waals surface area contributed by atoms with E-state index in [9.17, 15) is 14.7 Å². The molecule has 0 fully saturated rings. The van der Waals surface area contributed by atoms with Crippen molar-refractivity contribution in [2.45, 2.75) is 78.4 Å². The lowest BCUT2D eigenvalue weighted by atomic mass is 9.88. The third kappa shape index (κ3) is 4.66. The normalized spacial score (nSPS) is 19.0. The van der Waals surface area contributed by atoms with E-state index >= 15 is 0 Å². The lowest BCUT2D eigenvalue weighted by Crippen LogP contribution is -2.18. The van der Waals surface area contributed by atoms with Crippen molar-refractivity contribution in [1.29, 1.82) is 0 Å². The third-order valence-corrected chi connectivity index (χ3v) is 5.56. The van der Waals surface area contributed by atoms with Crippen LogP contribution >= 0.6 is 0 Å². The van der Waals surface area contributed by atoms with Gasteiger partial charge < -0.3 is 19.3 Å². The van der Waals surface area contributed by atoms with E-state index in [0.717, 1.165) is 33.8 Å². The molecule has 1 heterocycles. The molecule has 1 aliphatic rings. The highest BCUT2D eigenvalue weighted by Gasteiger charge is 2.34. The maximum absolute atomic E-state index is 11.9. The Morgan fingerprint density at radius 3 is 2.50 bits per heavy atom. The summed E-state index contributed by atoms with van der Waals surface area (Å²) in [5.41, 5.74) is 4.29. The molecule has 6 nitrogen and oxygen atoms in total. The van der Waals surface area contributed by atoms with E-state index in [0.29, 0.717) is 12.8 Å². The molecule has 1 N–H and O–H groups in total. The van der Waals surface area contributed by atoms with Crippen molar-refractivity contribution >= 4 is 11.8 Å². The van der Waals surface area contributed by atoms with Crippen LogP contribution in [0.1, 0.15) is 68.2 Å². The monoisotopic (exact) mass is 392 g/mol. The number of benzene rings is 1. The lowest BCUT2D eigenvalue weighted by molar-refractivity contribution is -0.145. The summed E-state index contributed by atoms with van der Waals surface area (Å²) >= 11 is 0. The smallest absolute Gasteiger partial charge is 0.313 e. The predicted molar refractivity (Wildman–Crippen MR) is 106 cm³/mol. The Morgan fingerprint density at radius 1 is 1.21 bits per heavy atom. The van der Waals surface area contributed by atoms with Gasteiger partial charge in [0, 0.05) is 23.5 Å². The number of methoxy groups -OCH3 is 1. The fraction of sp³-hybridized carbons (Fsp3) is 0.636. The first-order valence-corrected chi connectivity index (χ1v) is 9.93. The summed E-state index contributed by atoms with van der Waals surface area (Å²) in [5.74, 6) is 1.15. The molecule has 28 heavy (non-hydrogen) atoms. The van der Waals surface area contributed by atoms with E-state index in [-0.39, 0.29) is 37.3 Å². The molecule has 6 heteroatoms. The first kappa shape index (κ1) is 22.2. The number of fused-ring (bicyclic) bond motifs is 1. The maximum atomic E-state index is 11.9. The first-order chi connectivity index (χ1) is 13.2. The maximum Gasteiger partial charge on any atom is 0.313 e. The van der Waals surface area contributed by atoms with Gasteiger partial charge in [0.25, 0.3) is 0 Å². The van der Waals surface area contributed by atoms with Gasteiger partial charge in [-0.25, -0.2) is 0 Å². The van der Waals surface area contributed by atoms with Crippen molar-refractivity contribution in [2.24, 2.45) is 0 Å². The molecule has 3 atom stereocenters. The Bertz CT molecular complexity index is 739. The third-order valence-electron chi connectivity index (χ3n) is 5.56. The largest absolute Gasteiger partial charge is 0.496 e. The summed E-state index contributed by atoms with van der Waals surface area (Å²) in [7, 11) is 1.66. The number of aliphatic hydroxyl groups excluding tert-OH is 1. The van der Waals surface area contributed by atoms with Crippen molar-refractivity contribution in [2.75, 3.05) is 13.7 Å². The van der Waals surface area contributed by atoms with Crippen molar-refractivity contribution in [1.82, 2.24) is 0 Å². The van der Waals surface area contributed by atoms with Gasteiger partial charge in [0.15, 0.2) is 0 Å². The van der Waals surface area contributed by atoms with Gasteiger partial charge in [-0.3, -0.25) is 9.59 Å². The lowest BCUT2D eigenvalue weighted by Gasteiger charge is -2.20. The molecule has 0 aromatic heterocycles. The van der Waals surface area contributed by atoms with Gasteiger partial charge in [-0.1, -0.05) is 6.92 Å². The second-order valence-electron chi connectivity index (χ2n) is 7.53. The standard InChI is InChI=1S/C22H32O6/c1-7-27-19(25)11-17(24)10-16(23)8-9-18-13(3)21(26-6)14(4)20-12(2)15(5)28-22(18)20/h12,15-16,23H,7-11H2,1-6H3. The molecule has 0 spiro atoms. The number of hydrogen-bond donors (Lipinski definition) is 1. The first-order valence-electron chi connectivity index (χ1n) is 9.93. The summed E-state index contributed by atoms with van der Waals surface area (Å²) < 4.78 is 16.6. The molecule has 156 valence electrons. The summed E-state index contributed by atoms with van der Waals surface area (Å²) in [4.78, 5) is 23.3. The summed E-state index contributed by atoms with van der Waals surface area (Å²) in [6.45, 7) is 10.2. The Hall–Kier alpha value is -2.08. The highest BCUT2D eigenvalue weighted by Crippen LogP contribution is 2.48. The second-order valence-corrected chi connectivity index (χ2v) is 7.53. The van der Waals surface area contributed by atoms with E-state index in [1.807, 2.05) is 6.92 Å². The van der Waals surface area contributed by atoms with Crippen LogP contribution < -0.4 is 9.47 Å². The zero-order valence-corrected chi connectivity index (χ0v) is 17.8. The molecule has 0 saturated carbocycles. The van der Waals surface area contributed by atoms with Crippen LogP contribution in [0, 0.1) is 13.8 Å². The number of aliphatic hydroxyl groups is 1. The highest BCUT2D eigenvalue weighted by molar-refractivity contribution is 5.95. The van der Waals surface area contributed by atoms with Crippen molar-refractivity contribution in [3.05, 3.63) is 22.3 Å². The van der Waals surface area contributed by atoms with E-state index in [4.69, 9.17) is 14.2 Å². The van der Waals surface area contributed by atoms with Gasteiger partial charge >= 0.3 is 5.97 Å². The molecule has 0 aliphatic carbocycles. The minimum Gasteiger partial charge on any atom is -0.496 e. The number of carbonyl (C=O) groups is 2. The molecule has 2 rings (SSSR count). The molecule has 3 unspecified atom stereocenters. The molecule has 0 bridgehead atoms. The number of ether oxygens (including phenoxy) is 3. The van der Waals surface area contributed by atoms with Crippen LogP contribution in [-0.4, -0.2) is 42.8 Å². The Morgan fingerprint density at radius 2 is 1.89 bits per heavy atom. The van der Waals surface area contributed by atoms with Crippen LogP contribution in [0.3, 0.4) is 0 Å². The molecule has 1 aliphatic heterocycles. The Labute approximate surface area is 167 Å². The molecule has 0 radical (unpaired) electrons.